The minimum absolute atomic E-state index is 0.0243. The lowest BCUT2D eigenvalue weighted by atomic mass is 9.83. The third-order valence-electron chi connectivity index (χ3n) is 9.82. The number of imidazole rings is 1. The maximum atomic E-state index is 12.0. The molecule has 1 saturated heterocycles. The van der Waals surface area contributed by atoms with Crippen molar-refractivity contribution < 1.29 is 4.79 Å². The molecule has 0 spiro atoms. The number of nitrogens with one attached hydrogen (secondary N) is 1. The molecule has 1 saturated carbocycles. The molecular formula is C35H37N9O. The van der Waals surface area contributed by atoms with Crippen LogP contribution in [0.1, 0.15) is 67.3 Å². The molecule has 5 aromatic rings. The number of nitrogen functional groups attached to an aromatic ring is 1. The fraction of sp³-hybridized carbons (Fsp3) is 0.343. The van der Waals surface area contributed by atoms with Gasteiger partial charge in [-0.15, -0.1) is 0 Å². The fourth-order valence-corrected chi connectivity index (χ4v) is 7.09. The zero-order valence-corrected chi connectivity index (χ0v) is 25.3. The van der Waals surface area contributed by atoms with Crippen LogP contribution in [0.2, 0.25) is 0 Å². The van der Waals surface area contributed by atoms with Gasteiger partial charge in [-0.1, -0.05) is 19.1 Å². The number of anilines is 1. The van der Waals surface area contributed by atoms with E-state index < -0.39 is 0 Å². The number of rotatable bonds is 7. The number of pyridine rings is 2. The normalized spacial score (nSPS) is 18.7. The number of carbonyl (C=O) groups is 1. The highest BCUT2D eigenvalue weighted by Crippen LogP contribution is 2.37. The molecule has 4 aromatic heterocycles. The molecule has 228 valence electrons. The number of nitrogens with zero attached hydrogens (tertiary/aromatic N) is 7. The Bertz CT molecular complexity index is 1910. The molecule has 45 heavy (non-hydrogen) atoms. The second-order valence-corrected chi connectivity index (χ2v) is 12.5. The highest BCUT2D eigenvalue weighted by atomic mass is 16.2. The Labute approximate surface area is 262 Å². The summed E-state index contributed by atoms with van der Waals surface area (Å²) in [7, 11) is 0. The van der Waals surface area contributed by atoms with Crippen LogP contribution in [0, 0.1) is 0 Å². The largest absolute Gasteiger partial charge is 0.383 e. The number of hydrogen-bond acceptors (Lipinski definition) is 7. The Morgan fingerprint density at radius 3 is 2.67 bits per heavy atom. The van der Waals surface area contributed by atoms with E-state index >= 15 is 0 Å². The maximum Gasteiger partial charge on any atom is 0.245 e. The predicted octanol–water partition coefficient (Wildman–Crippen LogP) is 5.27. The lowest BCUT2D eigenvalue weighted by Gasteiger charge is -2.33. The van der Waals surface area contributed by atoms with E-state index in [1.165, 1.54) is 36.5 Å². The van der Waals surface area contributed by atoms with Crippen molar-refractivity contribution in [2.24, 2.45) is 0 Å². The number of aryl methyl sites for hydroxylation is 1. The van der Waals surface area contributed by atoms with E-state index in [2.05, 4.69) is 45.7 Å². The third-order valence-corrected chi connectivity index (χ3v) is 9.82. The first kappa shape index (κ1) is 27.7. The highest BCUT2D eigenvalue weighted by Gasteiger charge is 2.29. The van der Waals surface area contributed by atoms with Crippen LogP contribution < -0.4 is 11.1 Å². The Hall–Kier alpha value is -4.83. The Morgan fingerprint density at radius 1 is 1.02 bits per heavy atom. The van der Waals surface area contributed by atoms with Crippen LogP contribution in [0.3, 0.4) is 0 Å². The molecule has 0 radical (unpaired) electrons. The molecule has 10 heteroatoms. The Balaban J connectivity index is 1.14. The maximum absolute atomic E-state index is 12.0. The number of hydrogen-bond donors (Lipinski definition) is 2. The number of benzene rings is 1. The number of piperidine rings is 1. The minimum atomic E-state index is 0.0243. The summed E-state index contributed by atoms with van der Waals surface area (Å²) in [5, 5.41) is 8.77. The van der Waals surface area contributed by atoms with Crippen LogP contribution in [-0.2, 0) is 11.2 Å². The van der Waals surface area contributed by atoms with E-state index in [0.717, 1.165) is 72.7 Å². The monoisotopic (exact) mass is 599 g/mol. The second kappa shape index (κ2) is 11.3. The van der Waals surface area contributed by atoms with Crippen molar-refractivity contribution in [3.05, 3.63) is 90.4 Å². The van der Waals surface area contributed by atoms with Crippen molar-refractivity contribution in [1.82, 2.24) is 39.5 Å². The highest BCUT2D eigenvalue weighted by molar-refractivity contribution is 5.87. The molecule has 1 aliphatic heterocycles. The van der Waals surface area contributed by atoms with Gasteiger partial charge in [0, 0.05) is 49.2 Å². The molecule has 0 bridgehead atoms. The molecule has 1 atom stereocenters. The molecule has 2 fully saturated rings. The van der Waals surface area contributed by atoms with Crippen LogP contribution in [0.5, 0.6) is 0 Å². The number of fused-ring (bicyclic) bond motifs is 2. The van der Waals surface area contributed by atoms with Gasteiger partial charge >= 0.3 is 0 Å². The summed E-state index contributed by atoms with van der Waals surface area (Å²) in [5.41, 5.74) is 13.5. The van der Waals surface area contributed by atoms with Crippen molar-refractivity contribution in [1.29, 1.82) is 0 Å². The average Bonchev–Trinajstić information content (AvgIpc) is 3.77. The van der Waals surface area contributed by atoms with Crippen molar-refractivity contribution in [2.75, 3.05) is 18.8 Å². The third kappa shape index (κ3) is 4.99. The molecule has 1 unspecified atom stereocenters. The van der Waals surface area contributed by atoms with Crippen molar-refractivity contribution in [3.8, 4) is 22.9 Å². The van der Waals surface area contributed by atoms with Gasteiger partial charge in [0.05, 0.1) is 11.3 Å². The summed E-state index contributed by atoms with van der Waals surface area (Å²) >= 11 is 0. The second-order valence-electron chi connectivity index (χ2n) is 12.5. The van der Waals surface area contributed by atoms with Gasteiger partial charge in [-0.25, -0.2) is 19.6 Å². The molecule has 1 aromatic carbocycles. The van der Waals surface area contributed by atoms with E-state index in [9.17, 15) is 4.79 Å². The summed E-state index contributed by atoms with van der Waals surface area (Å²) < 4.78 is 3.98. The Morgan fingerprint density at radius 2 is 1.89 bits per heavy atom. The lowest BCUT2D eigenvalue weighted by molar-refractivity contribution is -0.127. The van der Waals surface area contributed by atoms with Crippen LogP contribution in [0.15, 0.2) is 73.6 Å². The number of carbonyl (C=O) groups excluding carboxylic acids is 1. The standard InChI is InChI=1S/C35H37N9O/c1-2-32(45)42-18-14-24(15-19-42)38-29-11-8-23-21-25(9-10-26(23)29)44-34(27-7-4-17-37-33(27)36)39-30-12-13-31(40-35(30)44)43-20-16-28(41-43)22-5-3-6-22/h2,4,7,9-10,12-13,16-17,20-22,24,29,38H,1,3,5-6,8,11,14-15,18-19H2,(H2,36,37). The van der Waals surface area contributed by atoms with Gasteiger partial charge < -0.3 is 16.0 Å². The van der Waals surface area contributed by atoms with Gasteiger partial charge in [0.15, 0.2) is 17.3 Å². The number of aromatic nitrogens is 6. The molecule has 10 nitrogen and oxygen atoms in total. The van der Waals surface area contributed by atoms with Crippen molar-refractivity contribution >= 4 is 22.9 Å². The molecule has 8 rings (SSSR count). The molecule has 2 aliphatic carbocycles. The summed E-state index contributed by atoms with van der Waals surface area (Å²) in [4.78, 5) is 28.4. The summed E-state index contributed by atoms with van der Waals surface area (Å²) in [6.07, 6.45) is 12.7. The van der Waals surface area contributed by atoms with Gasteiger partial charge in [-0.3, -0.25) is 9.36 Å². The molecule has 3 aliphatic rings. The van der Waals surface area contributed by atoms with Crippen molar-refractivity contribution in [3.63, 3.8) is 0 Å². The van der Waals surface area contributed by atoms with E-state index in [-0.39, 0.29) is 5.91 Å². The van der Waals surface area contributed by atoms with Gasteiger partial charge in [0.1, 0.15) is 11.3 Å². The molecule has 3 N–H and O–H groups in total. The summed E-state index contributed by atoms with van der Waals surface area (Å²) in [5.74, 6) is 2.48. The minimum Gasteiger partial charge on any atom is -0.383 e. The van der Waals surface area contributed by atoms with Gasteiger partial charge in [-0.05, 0) is 98.2 Å². The van der Waals surface area contributed by atoms with Gasteiger partial charge in [0.2, 0.25) is 5.91 Å². The molecule has 5 heterocycles. The zero-order valence-electron chi connectivity index (χ0n) is 25.3. The van der Waals surface area contributed by atoms with Crippen LogP contribution in [0.25, 0.3) is 34.1 Å². The van der Waals surface area contributed by atoms with Gasteiger partial charge in [-0.2, -0.15) is 5.10 Å². The lowest BCUT2D eigenvalue weighted by Crippen LogP contribution is -2.45. The topological polar surface area (TPSA) is 120 Å². The number of amides is 1. The summed E-state index contributed by atoms with van der Waals surface area (Å²) in [6.45, 7) is 5.17. The Kier molecular flexibility index (Phi) is 6.94. The first-order valence-electron chi connectivity index (χ1n) is 16.0. The van der Waals surface area contributed by atoms with Gasteiger partial charge in [0.25, 0.3) is 0 Å². The zero-order chi connectivity index (χ0) is 30.5. The van der Waals surface area contributed by atoms with E-state index in [1.54, 1.807) is 6.20 Å². The number of nitrogens with two attached hydrogens (primary N) is 1. The first-order chi connectivity index (χ1) is 22.1. The van der Waals surface area contributed by atoms with Crippen LogP contribution in [0.4, 0.5) is 5.82 Å². The average molecular weight is 600 g/mol. The molecule has 1 amide bonds. The fourth-order valence-electron chi connectivity index (χ4n) is 7.09. The van der Waals surface area contributed by atoms with E-state index in [1.807, 2.05) is 40.0 Å². The quantitative estimate of drug-likeness (QED) is 0.245. The van der Waals surface area contributed by atoms with Crippen molar-refractivity contribution in [2.45, 2.75) is 62.9 Å². The van der Waals surface area contributed by atoms with Crippen LogP contribution >= 0.6 is 0 Å². The predicted molar refractivity (Wildman–Crippen MR) is 174 cm³/mol. The van der Waals surface area contributed by atoms with E-state index in [0.29, 0.717) is 29.6 Å². The smallest absolute Gasteiger partial charge is 0.245 e. The van der Waals surface area contributed by atoms with E-state index in [4.69, 9.17) is 20.8 Å². The van der Waals surface area contributed by atoms with Crippen LogP contribution in [-0.4, -0.2) is 59.2 Å². The number of likely N-dealkylation sites (tertiary alicyclic amines) is 1. The molecular weight excluding hydrogens is 562 g/mol. The summed E-state index contributed by atoms with van der Waals surface area (Å²) in [6, 6.07) is 17.3. The SMILES string of the molecule is C=CC(=O)N1CCC(NC2CCc3cc(-n4c(-c5cccnc5N)nc5ccc(-n6ccc(C7CCC7)n6)nc54)ccc32)CC1. The first-order valence-corrected chi connectivity index (χ1v) is 16.0.